The summed E-state index contributed by atoms with van der Waals surface area (Å²) >= 11 is 0. The van der Waals surface area contributed by atoms with Gasteiger partial charge in [-0.3, -0.25) is 4.79 Å². The number of aliphatic hydroxyl groups is 1. The van der Waals surface area contributed by atoms with Gasteiger partial charge in [-0.15, -0.1) is 0 Å². The van der Waals surface area contributed by atoms with Crippen LogP contribution in [0.4, 0.5) is 23.2 Å². The Hall–Kier alpha value is -2.50. The average molecular weight is 448 g/mol. The minimum Gasteiger partial charge on any atom is -0.400 e. The van der Waals surface area contributed by atoms with Crippen molar-refractivity contribution in [3.63, 3.8) is 0 Å². The van der Waals surface area contributed by atoms with Crippen molar-refractivity contribution in [3.8, 4) is 0 Å². The molecule has 30 heavy (non-hydrogen) atoms. The number of amides is 1. The second-order valence-corrected chi connectivity index (χ2v) is 8.22. The Labute approximate surface area is 171 Å². The molecule has 11 heteroatoms. The van der Waals surface area contributed by atoms with Crippen molar-refractivity contribution in [1.82, 2.24) is 4.31 Å². The summed E-state index contributed by atoms with van der Waals surface area (Å²) in [5.41, 5.74) is -0.603. The standard InChI is InChI=1S/C18H16F4N2O3S.CH4O/c19-13-5-4-11(8-16(13)28(26,27)24-6-2-1-3-7-24)18(25)23-12-9-14(20)17(22)15(21)10-12;1-2/h4-5,8-10H,1-3,6-7H2,(H,23,25);2H,1H3. The number of piperidine rings is 1. The van der Waals surface area contributed by atoms with Crippen LogP contribution in [0.3, 0.4) is 0 Å². The summed E-state index contributed by atoms with van der Waals surface area (Å²) < 4.78 is 80.2. The fourth-order valence-electron chi connectivity index (χ4n) is 2.92. The molecule has 2 aromatic carbocycles. The minimum atomic E-state index is -4.13. The number of nitrogens with zero attached hydrogens (tertiary/aromatic N) is 1. The zero-order valence-corrected chi connectivity index (χ0v) is 16.8. The number of halogens is 4. The summed E-state index contributed by atoms with van der Waals surface area (Å²) in [6.45, 7) is 0.513. The molecule has 0 aromatic heterocycles. The van der Waals surface area contributed by atoms with Crippen molar-refractivity contribution in [3.05, 3.63) is 59.2 Å². The van der Waals surface area contributed by atoms with Gasteiger partial charge in [0.25, 0.3) is 5.91 Å². The topological polar surface area (TPSA) is 86.7 Å². The van der Waals surface area contributed by atoms with Gasteiger partial charge in [0.05, 0.1) is 0 Å². The quantitative estimate of drug-likeness (QED) is 0.555. The van der Waals surface area contributed by atoms with E-state index in [4.69, 9.17) is 5.11 Å². The number of anilines is 1. The Morgan fingerprint density at radius 2 is 1.50 bits per heavy atom. The fraction of sp³-hybridized carbons (Fsp3) is 0.316. The van der Waals surface area contributed by atoms with E-state index < -0.39 is 44.1 Å². The normalized spacial score (nSPS) is 14.6. The molecule has 1 aliphatic rings. The largest absolute Gasteiger partial charge is 0.400 e. The number of aliphatic hydroxyl groups excluding tert-OH is 1. The Bertz CT molecular complexity index is 1000. The Kier molecular flexibility index (Phi) is 7.93. The van der Waals surface area contributed by atoms with Crippen LogP contribution in [0.2, 0.25) is 0 Å². The summed E-state index contributed by atoms with van der Waals surface area (Å²) in [5.74, 6) is -6.62. The smallest absolute Gasteiger partial charge is 0.255 e. The van der Waals surface area contributed by atoms with E-state index in [2.05, 4.69) is 5.32 Å². The van der Waals surface area contributed by atoms with Crippen LogP contribution in [0.5, 0.6) is 0 Å². The Morgan fingerprint density at radius 1 is 0.933 bits per heavy atom. The molecule has 6 nitrogen and oxygen atoms in total. The van der Waals surface area contributed by atoms with Crippen LogP contribution in [-0.4, -0.2) is 43.9 Å². The molecule has 0 unspecified atom stereocenters. The zero-order valence-electron chi connectivity index (χ0n) is 16.0. The van der Waals surface area contributed by atoms with Gasteiger partial charge in [-0.25, -0.2) is 26.0 Å². The second kappa shape index (κ2) is 10.0. The van der Waals surface area contributed by atoms with Crippen LogP contribution in [0.25, 0.3) is 0 Å². The van der Waals surface area contributed by atoms with Crippen LogP contribution < -0.4 is 5.32 Å². The molecule has 0 saturated carbocycles. The molecule has 2 aromatic rings. The highest BCUT2D eigenvalue weighted by atomic mass is 32.2. The number of benzene rings is 2. The summed E-state index contributed by atoms with van der Waals surface area (Å²) in [7, 11) is -3.13. The summed E-state index contributed by atoms with van der Waals surface area (Å²) in [4.78, 5) is 11.7. The van der Waals surface area contributed by atoms with E-state index in [9.17, 15) is 30.8 Å². The molecule has 0 spiro atoms. The number of hydrogen-bond acceptors (Lipinski definition) is 4. The number of hydrogen-bond donors (Lipinski definition) is 2. The highest BCUT2D eigenvalue weighted by Gasteiger charge is 2.29. The van der Waals surface area contributed by atoms with E-state index in [1.54, 1.807) is 0 Å². The van der Waals surface area contributed by atoms with E-state index in [1.165, 1.54) is 0 Å². The lowest BCUT2D eigenvalue weighted by atomic mass is 10.2. The molecule has 2 N–H and O–H groups in total. The van der Waals surface area contributed by atoms with Gasteiger partial charge in [0.2, 0.25) is 10.0 Å². The van der Waals surface area contributed by atoms with Gasteiger partial charge in [-0.2, -0.15) is 4.31 Å². The number of carbonyl (C=O) groups excluding carboxylic acids is 1. The van der Waals surface area contributed by atoms with Crippen molar-refractivity contribution >= 4 is 21.6 Å². The Morgan fingerprint density at radius 3 is 2.07 bits per heavy atom. The third kappa shape index (κ3) is 5.15. The van der Waals surface area contributed by atoms with Gasteiger partial charge >= 0.3 is 0 Å². The van der Waals surface area contributed by atoms with Gasteiger partial charge in [-0.1, -0.05) is 6.42 Å². The van der Waals surface area contributed by atoms with Crippen LogP contribution in [0, 0.1) is 23.3 Å². The SMILES string of the molecule is CO.O=C(Nc1cc(F)c(F)c(F)c1)c1ccc(F)c(S(=O)(=O)N2CCCCC2)c1. The number of carbonyl (C=O) groups is 1. The van der Waals surface area contributed by atoms with E-state index >= 15 is 0 Å². The van der Waals surface area contributed by atoms with E-state index in [0.29, 0.717) is 25.0 Å². The summed E-state index contributed by atoms with van der Waals surface area (Å²) in [6.07, 6.45) is 2.19. The maximum absolute atomic E-state index is 14.2. The third-order valence-electron chi connectivity index (χ3n) is 4.37. The molecular weight excluding hydrogens is 428 g/mol. The third-order valence-corrected chi connectivity index (χ3v) is 6.28. The molecule has 3 rings (SSSR count). The van der Waals surface area contributed by atoms with Crippen molar-refractivity contribution in [2.24, 2.45) is 0 Å². The molecular formula is C19H20F4N2O4S. The molecule has 0 atom stereocenters. The first-order valence-corrected chi connectivity index (χ1v) is 10.3. The van der Waals surface area contributed by atoms with Crippen LogP contribution in [-0.2, 0) is 10.0 Å². The van der Waals surface area contributed by atoms with Crippen molar-refractivity contribution < 1.29 is 35.9 Å². The molecule has 1 saturated heterocycles. The first-order valence-electron chi connectivity index (χ1n) is 8.90. The van der Waals surface area contributed by atoms with E-state index in [-0.39, 0.29) is 24.3 Å². The predicted molar refractivity (Wildman–Crippen MR) is 101 cm³/mol. The van der Waals surface area contributed by atoms with Gasteiger partial charge in [0.1, 0.15) is 10.7 Å². The van der Waals surface area contributed by atoms with Gasteiger partial charge in [0, 0.05) is 43.6 Å². The van der Waals surface area contributed by atoms with E-state index in [1.807, 2.05) is 0 Å². The zero-order chi connectivity index (χ0) is 22.5. The molecule has 1 aliphatic heterocycles. The molecule has 0 bridgehead atoms. The minimum absolute atomic E-state index is 0.234. The number of sulfonamides is 1. The predicted octanol–water partition coefficient (Wildman–Crippen LogP) is 3.28. The van der Waals surface area contributed by atoms with Gasteiger partial charge < -0.3 is 10.4 Å². The molecule has 1 heterocycles. The first kappa shape index (κ1) is 23.8. The lowest BCUT2D eigenvalue weighted by molar-refractivity contribution is 0.102. The molecule has 164 valence electrons. The highest BCUT2D eigenvalue weighted by Crippen LogP contribution is 2.25. The van der Waals surface area contributed by atoms with E-state index in [0.717, 1.165) is 36.0 Å². The lowest BCUT2D eigenvalue weighted by Crippen LogP contribution is -2.36. The number of rotatable bonds is 4. The lowest BCUT2D eigenvalue weighted by Gasteiger charge is -2.26. The monoisotopic (exact) mass is 448 g/mol. The van der Waals surface area contributed by atoms with Crippen LogP contribution in [0.1, 0.15) is 29.6 Å². The summed E-state index contributed by atoms with van der Waals surface area (Å²) in [6, 6.07) is 3.88. The maximum atomic E-state index is 14.2. The van der Waals surface area contributed by atoms with Gasteiger partial charge in [-0.05, 0) is 31.0 Å². The van der Waals surface area contributed by atoms with Crippen LogP contribution >= 0.6 is 0 Å². The Balaban J connectivity index is 0.00000155. The highest BCUT2D eigenvalue weighted by molar-refractivity contribution is 7.89. The van der Waals surface area contributed by atoms with Crippen molar-refractivity contribution in [1.29, 1.82) is 0 Å². The molecule has 0 radical (unpaired) electrons. The van der Waals surface area contributed by atoms with Crippen molar-refractivity contribution in [2.45, 2.75) is 24.2 Å². The maximum Gasteiger partial charge on any atom is 0.255 e. The van der Waals surface area contributed by atoms with Gasteiger partial charge in [0.15, 0.2) is 17.5 Å². The first-order chi connectivity index (χ1) is 14.2. The average Bonchev–Trinajstić information content (AvgIpc) is 2.74. The number of nitrogens with one attached hydrogen (secondary N) is 1. The fourth-order valence-corrected chi connectivity index (χ4v) is 4.53. The molecule has 1 amide bonds. The second-order valence-electron chi connectivity index (χ2n) is 6.32. The molecule has 0 aliphatic carbocycles. The summed E-state index contributed by atoms with van der Waals surface area (Å²) in [5, 5.41) is 9.13. The van der Waals surface area contributed by atoms with Crippen LogP contribution in [0.15, 0.2) is 35.2 Å². The van der Waals surface area contributed by atoms with Crippen molar-refractivity contribution in [2.75, 3.05) is 25.5 Å². The molecule has 1 fully saturated rings.